The number of nitrogens with zero attached hydrogens (tertiary/aromatic N) is 3. The van der Waals surface area contributed by atoms with Gasteiger partial charge in [0.1, 0.15) is 0 Å². The van der Waals surface area contributed by atoms with Crippen LogP contribution in [0.5, 0.6) is 0 Å². The van der Waals surface area contributed by atoms with Crippen LogP contribution in [0, 0.1) is 11.8 Å². The van der Waals surface area contributed by atoms with Crippen molar-refractivity contribution in [1.29, 1.82) is 0 Å². The number of rotatable bonds is 4. The third-order valence-electron chi connectivity index (χ3n) is 5.89. The number of aliphatic hydroxyl groups is 1. The summed E-state index contributed by atoms with van der Waals surface area (Å²) in [5.41, 5.74) is -0.172. The zero-order chi connectivity index (χ0) is 20.8. The second-order valence-electron chi connectivity index (χ2n) is 7.69. The highest BCUT2D eigenvalue weighted by Crippen LogP contribution is 2.49. The number of hydrogen-bond acceptors (Lipinski definition) is 5. The Morgan fingerprint density at radius 2 is 1.79 bits per heavy atom. The van der Waals surface area contributed by atoms with E-state index < -0.39 is 24.3 Å². The Balaban J connectivity index is 1.52. The quantitative estimate of drug-likeness (QED) is 0.809. The van der Waals surface area contributed by atoms with E-state index in [-0.39, 0.29) is 35.1 Å². The molecule has 154 valence electrons. The number of aromatic nitrogens is 2. The molecule has 2 fully saturated rings. The van der Waals surface area contributed by atoms with Crippen molar-refractivity contribution in [3.63, 3.8) is 0 Å². The van der Waals surface area contributed by atoms with E-state index in [1.54, 1.807) is 12.1 Å². The van der Waals surface area contributed by atoms with Crippen molar-refractivity contribution in [2.24, 2.45) is 11.8 Å². The monoisotopic (exact) mass is 407 g/mol. The van der Waals surface area contributed by atoms with Crippen LogP contribution in [0.2, 0.25) is 0 Å². The molecule has 0 spiro atoms. The van der Waals surface area contributed by atoms with Crippen LogP contribution in [0.15, 0.2) is 30.3 Å². The minimum Gasteiger partial charge on any atom is -0.477 e. The second-order valence-corrected chi connectivity index (χ2v) is 7.69. The Morgan fingerprint density at radius 3 is 2.38 bits per heavy atom. The number of carboxylic acid groups (broad SMARTS) is 1. The summed E-state index contributed by atoms with van der Waals surface area (Å²) in [6, 6.07) is 6.99. The van der Waals surface area contributed by atoms with Crippen molar-refractivity contribution >= 4 is 11.9 Å². The first kappa shape index (κ1) is 19.6. The molecule has 0 bridgehead atoms. The van der Waals surface area contributed by atoms with E-state index in [0.29, 0.717) is 31.5 Å². The predicted molar refractivity (Wildman–Crippen MR) is 97.5 cm³/mol. The van der Waals surface area contributed by atoms with Crippen LogP contribution >= 0.6 is 0 Å². The smallest absolute Gasteiger partial charge is 0.416 e. The molecule has 6 nitrogen and oxygen atoms in total. The molecule has 0 amide bonds. The van der Waals surface area contributed by atoms with Gasteiger partial charge < -0.3 is 15.1 Å². The summed E-state index contributed by atoms with van der Waals surface area (Å²) in [7, 11) is 0. The van der Waals surface area contributed by atoms with Crippen LogP contribution in [-0.2, 0) is 12.8 Å². The summed E-state index contributed by atoms with van der Waals surface area (Å²) < 4.78 is 40.1. The number of fused-ring (bicyclic) bond motifs is 1. The molecule has 29 heavy (non-hydrogen) atoms. The Bertz CT molecular complexity index is 921. The molecule has 1 saturated carbocycles. The molecule has 1 aromatic carbocycles. The molecule has 4 rings (SSSR count). The first-order chi connectivity index (χ1) is 13.8. The molecule has 1 saturated heterocycles. The van der Waals surface area contributed by atoms with Gasteiger partial charge >= 0.3 is 12.1 Å². The number of aromatic carboxylic acids is 1. The van der Waals surface area contributed by atoms with Gasteiger partial charge in [-0.3, -0.25) is 0 Å². The lowest BCUT2D eigenvalue weighted by Crippen LogP contribution is -2.25. The Hall–Kier alpha value is -2.68. The van der Waals surface area contributed by atoms with Gasteiger partial charge in [0.2, 0.25) is 5.95 Å². The average Bonchev–Trinajstić information content (AvgIpc) is 3.26. The number of benzene rings is 1. The van der Waals surface area contributed by atoms with Crippen LogP contribution in [0.4, 0.5) is 19.1 Å². The second kappa shape index (κ2) is 7.29. The van der Waals surface area contributed by atoms with Crippen LogP contribution < -0.4 is 4.90 Å². The summed E-state index contributed by atoms with van der Waals surface area (Å²) in [6.07, 6.45) is -3.09. The van der Waals surface area contributed by atoms with Crippen molar-refractivity contribution in [1.82, 2.24) is 9.97 Å². The molecule has 2 aliphatic rings. The predicted octanol–water partition coefficient (Wildman–Crippen LogP) is 3.32. The number of halogens is 3. The Kier molecular flexibility index (Phi) is 4.94. The Morgan fingerprint density at radius 1 is 1.14 bits per heavy atom. The number of aliphatic hydroxyl groups excluding tert-OH is 1. The number of anilines is 1. The highest BCUT2D eigenvalue weighted by Gasteiger charge is 2.44. The van der Waals surface area contributed by atoms with E-state index in [1.165, 1.54) is 12.1 Å². The molecule has 9 heteroatoms. The summed E-state index contributed by atoms with van der Waals surface area (Å²) >= 11 is 0. The van der Waals surface area contributed by atoms with Gasteiger partial charge in [-0.15, -0.1) is 0 Å². The normalized spacial score (nSPS) is 24.0. The van der Waals surface area contributed by atoms with E-state index in [2.05, 4.69) is 9.97 Å². The highest BCUT2D eigenvalue weighted by atomic mass is 19.4. The van der Waals surface area contributed by atoms with Crippen LogP contribution in [-0.4, -0.2) is 39.2 Å². The van der Waals surface area contributed by atoms with Crippen molar-refractivity contribution < 1.29 is 28.2 Å². The molecule has 0 radical (unpaired) electrons. The van der Waals surface area contributed by atoms with Crippen LogP contribution in [0.25, 0.3) is 0 Å². The first-order valence-corrected chi connectivity index (χ1v) is 9.39. The maximum atomic E-state index is 13.4. The lowest BCUT2D eigenvalue weighted by Gasteiger charge is -2.22. The summed E-state index contributed by atoms with van der Waals surface area (Å²) in [5.74, 6) is -0.724. The van der Waals surface area contributed by atoms with Gasteiger partial charge in [-0.2, -0.15) is 13.2 Å². The molecule has 1 aliphatic heterocycles. The molecule has 3 atom stereocenters. The van der Waals surface area contributed by atoms with Gasteiger partial charge in [0.15, 0.2) is 5.69 Å². The molecule has 0 unspecified atom stereocenters. The van der Waals surface area contributed by atoms with Crippen molar-refractivity contribution in [3.05, 3.63) is 52.8 Å². The van der Waals surface area contributed by atoms with Gasteiger partial charge in [-0.05, 0) is 48.3 Å². The zero-order valence-corrected chi connectivity index (χ0v) is 15.4. The zero-order valence-electron chi connectivity index (χ0n) is 15.4. The average molecular weight is 407 g/mol. The van der Waals surface area contributed by atoms with Crippen molar-refractivity contribution in [2.75, 3.05) is 18.0 Å². The van der Waals surface area contributed by atoms with Crippen molar-refractivity contribution in [3.8, 4) is 0 Å². The van der Waals surface area contributed by atoms with Gasteiger partial charge in [-0.1, -0.05) is 18.2 Å². The molecular weight excluding hydrogens is 387 g/mol. The number of hydrogen-bond donors (Lipinski definition) is 2. The fraction of sp³-hybridized carbons (Fsp3) is 0.450. The van der Waals surface area contributed by atoms with Gasteiger partial charge in [0.25, 0.3) is 0 Å². The fourth-order valence-corrected chi connectivity index (χ4v) is 4.64. The third-order valence-corrected chi connectivity index (χ3v) is 5.89. The molecule has 2 N–H and O–H groups in total. The fourth-order valence-electron chi connectivity index (χ4n) is 4.64. The van der Waals surface area contributed by atoms with Gasteiger partial charge in [0.05, 0.1) is 17.9 Å². The van der Waals surface area contributed by atoms with Gasteiger partial charge in [-0.25, -0.2) is 14.8 Å². The lowest BCUT2D eigenvalue weighted by atomic mass is 9.91. The largest absolute Gasteiger partial charge is 0.477 e. The van der Waals surface area contributed by atoms with Crippen molar-refractivity contribution in [2.45, 2.75) is 31.5 Å². The minimum atomic E-state index is -4.37. The lowest BCUT2D eigenvalue weighted by molar-refractivity contribution is -0.138. The summed E-state index contributed by atoms with van der Waals surface area (Å²) in [6.45, 7) is 0.722. The van der Waals surface area contributed by atoms with E-state index in [1.807, 2.05) is 4.90 Å². The first-order valence-electron chi connectivity index (χ1n) is 9.39. The summed E-state index contributed by atoms with van der Waals surface area (Å²) in [4.78, 5) is 21.4. The maximum Gasteiger partial charge on any atom is 0.416 e. The number of alkyl halides is 3. The SMILES string of the molecule is O=C(O)c1cc(CO)nc(N2C[C@H]3C[C@@H](c4ccccc4C(F)(F)F)C[C@H]3C2)n1. The van der Waals surface area contributed by atoms with Gasteiger partial charge in [0, 0.05) is 13.1 Å². The minimum absolute atomic E-state index is 0.149. The number of carboxylic acids is 1. The van der Waals surface area contributed by atoms with Crippen LogP contribution in [0.3, 0.4) is 0 Å². The van der Waals surface area contributed by atoms with E-state index >= 15 is 0 Å². The van der Waals surface area contributed by atoms with E-state index in [4.69, 9.17) is 0 Å². The standard InChI is InChI=1S/C20H20F3N3O3/c21-20(22,23)16-4-2-1-3-15(16)11-5-12-8-26(9-13(12)6-11)19-24-14(10-27)7-17(25-19)18(28)29/h1-4,7,11-13,27H,5-6,8-10H2,(H,28,29)/t11-,12-,13+. The van der Waals surface area contributed by atoms with Crippen LogP contribution in [0.1, 0.15) is 46.1 Å². The molecule has 1 aromatic heterocycles. The van der Waals surface area contributed by atoms with E-state index in [9.17, 15) is 28.2 Å². The topological polar surface area (TPSA) is 86.5 Å². The highest BCUT2D eigenvalue weighted by molar-refractivity contribution is 5.85. The molecule has 2 aromatic rings. The Labute approximate surface area is 165 Å². The number of carbonyl (C=O) groups is 1. The third kappa shape index (κ3) is 3.78. The molecular formula is C20H20F3N3O3. The maximum absolute atomic E-state index is 13.4. The molecule has 2 heterocycles. The summed E-state index contributed by atoms with van der Waals surface area (Å²) in [5, 5.41) is 18.5. The van der Waals surface area contributed by atoms with E-state index in [0.717, 1.165) is 6.07 Å². The molecule has 1 aliphatic carbocycles.